The third-order valence-corrected chi connectivity index (χ3v) is 4.08. The van der Waals surface area contributed by atoms with Gasteiger partial charge in [0.25, 0.3) is 0 Å². The lowest BCUT2D eigenvalue weighted by Crippen LogP contribution is -2.25. The third kappa shape index (κ3) is 6.89. The lowest BCUT2D eigenvalue weighted by Gasteiger charge is -2.18. The van der Waals surface area contributed by atoms with Gasteiger partial charge in [-0.1, -0.05) is 26.0 Å². The molecule has 0 bridgehead atoms. The molecule has 0 aliphatic heterocycles. The Hall–Kier alpha value is -1.59. The third-order valence-electron chi connectivity index (χ3n) is 4.08. The number of carbonyl (C=O) groups is 1. The SMILES string of the molecule is CCC(C)c1ccc(OC(C)OCCC(COC)C(=O)OC)cc1. The van der Waals surface area contributed by atoms with E-state index in [0.29, 0.717) is 25.6 Å². The molecule has 5 heteroatoms. The Morgan fingerprint density at radius 2 is 1.79 bits per heavy atom. The van der Waals surface area contributed by atoms with Gasteiger partial charge in [0.2, 0.25) is 0 Å². The molecule has 0 fully saturated rings. The molecule has 0 saturated heterocycles. The summed E-state index contributed by atoms with van der Waals surface area (Å²) in [6.07, 6.45) is 1.25. The number of hydrogen-bond acceptors (Lipinski definition) is 5. The Bertz CT molecular complexity index is 471. The van der Waals surface area contributed by atoms with Crippen LogP contribution >= 0.6 is 0 Å². The Morgan fingerprint density at radius 3 is 2.33 bits per heavy atom. The van der Waals surface area contributed by atoms with Crippen molar-refractivity contribution in [2.45, 2.75) is 45.8 Å². The molecule has 1 aromatic carbocycles. The molecule has 3 atom stereocenters. The quantitative estimate of drug-likeness (QED) is 0.454. The van der Waals surface area contributed by atoms with E-state index in [9.17, 15) is 4.79 Å². The van der Waals surface area contributed by atoms with E-state index in [1.54, 1.807) is 7.11 Å². The average Bonchev–Trinajstić information content (AvgIpc) is 2.60. The lowest BCUT2D eigenvalue weighted by atomic mass is 9.99. The van der Waals surface area contributed by atoms with Crippen LogP contribution in [0.15, 0.2) is 24.3 Å². The number of ether oxygens (including phenoxy) is 4. The van der Waals surface area contributed by atoms with Gasteiger partial charge in [0.15, 0.2) is 6.29 Å². The van der Waals surface area contributed by atoms with Gasteiger partial charge in [-0.05, 0) is 43.4 Å². The summed E-state index contributed by atoms with van der Waals surface area (Å²) in [5.74, 6) is 0.719. The molecule has 0 amide bonds. The summed E-state index contributed by atoms with van der Waals surface area (Å²) in [5, 5.41) is 0. The van der Waals surface area contributed by atoms with E-state index >= 15 is 0 Å². The highest BCUT2D eigenvalue weighted by atomic mass is 16.7. The Labute approximate surface area is 145 Å². The fraction of sp³-hybridized carbons (Fsp3) is 0.632. The zero-order chi connectivity index (χ0) is 17.9. The van der Waals surface area contributed by atoms with E-state index in [1.165, 1.54) is 12.7 Å². The maximum Gasteiger partial charge on any atom is 0.311 e. The zero-order valence-electron chi connectivity index (χ0n) is 15.4. The summed E-state index contributed by atoms with van der Waals surface area (Å²) in [7, 11) is 2.94. The second-order valence-corrected chi connectivity index (χ2v) is 5.90. The first-order valence-electron chi connectivity index (χ1n) is 8.46. The predicted molar refractivity (Wildman–Crippen MR) is 93.2 cm³/mol. The van der Waals surface area contributed by atoms with Gasteiger partial charge in [0.05, 0.1) is 26.2 Å². The molecule has 0 aliphatic rings. The van der Waals surface area contributed by atoms with E-state index in [2.05, 4.69) is 26.0 Å². The van der Waals surface area contributed by atoms with Crippen molar-refractivity contribution in [3.8, 4) is 5.75 Å². The van der Waals surface area contributed by atoms with Crippen molar-refractivity contribution in [1.29, 1.82) is 0 Å². The smallest absolute Gasteiger partial charge is 0.311 e. The summed E-state index contributed by atoms with van der Waals surface area (Å²) >= 11 is 0. The van der Waals surface area contributed by atoms with Gasteiger partial charge >= 0.3 is 5.97 Å². The highest BCUT2D eigenvalue weighted by Gasteiger charge is 2.19. The van der Waals surface area contributed by atoms with Crippen LogP contribution in [0.5, 0.6) is 5.75 Å². The van der Waals surface area contributed by atoms with Crippen molar-refractivity contribution in [2.24, 2.45) is 5.92 Å². The molecule has 0 saturated carbocycles. The molecule has 0 N–H and O–H groups in total. The first-order valence-corrected chi connectivity index (χ1v) is 8.46. The molecule has 0 heterocycles. The summed E-state index contributed by atoms with van der Waals surface area (Å²) < 4.78 is 21.2. The van der Waals surface area contributed by atoms with Gasteiger partial charge in [-0.15, -0.1) is 0 Å². The number of esters is 1. The summed E-state index contributed by atoms with van der Waals surface area (Å²) in [4.78, 5) is 11.6. The van der Waals surface area contributed by atoms with Gasteiger partial charge in [-0.3, -0.25) is 4.79 Å². The molecular formula is C19H30O5. The highest BCUT2D eigenvalue weighted by Crippen LogP contribution is 2.22. The standard InChI is InChI=1S/C19H30O5/c1-6-14(2)16-7-9-18(10-8-16)24-15(3)23-12-11-17(13-21-4)19(20)22-5/h7-10,14-15,17H,6,11-13H2,1-5H3. The lowest BCUT2D eigenvalue weighted by molar-refractivity contribution is -0.149. The molecule has 0 aromatic heterocycles. The van der Waals surface area contributed by atoms with E-state index in [0.717, 1.165) is 12.2 Å². The van der Waals surface area contributed by atoms with E-state index < -0.39 is 0 Å². The summed E-state index contributed by atoms with van der Waals surface area (Å²) in [5.41, 5.74) is 1.30. The second-order valence-electron chi connectivity index (χ2n) is 5.90. The van der Waals surface area contributed by atoms with Crippen molar-refractivity contribution >= 4 is 5.97 Å². The first-order chi connectivity index (χ1) is 11.5. The normalized spacial score (nSPS) is 14.7. The van der Waals surface area contributed by atoms with E-state index in [1.807, 2.05) is 19.1 Å². The second kappa shape index (κ2) is 11.0. The van der Waals surface area contributed by atoms with Crippen LogP contribution in [0.25, 0.3) is 0 Å². The molecular weight excluding hydrogens is 308 g/mol. The van der Waals surface area contributed by atoms with Crippen LogP contribution in [0, 0.1) is 5.92 Å². The highest BCUT2D eigenvalue weighted by molar-refractivity contribution is 5.72. The molecule has 0 aliphatic carbocycles. The van der Waals surface area contributed by atoms with Crippen LogP contribution in [0.1, 0.15) is 45.1 Å². The van der Waals surface area contributed by atoms with Crippen LogP contribution in [0.2, 0.25) is 0 Å². The van der Waals surface area contributed by atoms with Gasteiger partial charge in [0.1, 0.15) is 5.75 Å². The molecule has 0 radical (unpaired) electrons. The van der Waals surface area contributed by atoms with Crippen LogP contribution in [0.4, 0.5) is 0 Å². The first kappa shape index (κ1) is 20.5. The number of hydrogen-bond donors (Lipinski definition) is 0. The minimum absolute atomic E-state index is 0.283. The Kier molecular flexibility index (Phi) is 9.42. The Morgan fingerprint density at radius 1 is 1.12 bits per heavy atom. The molecule has 0 spiro atoms. The monoisotopic (exact) mass is 338 g/mol. The molecule has 136 valence electrons. The summed E-state index contributed by atoms with van der Waals surface area (Å²) in [6.45, 7) is 6.94. The molecule has 1 rings (SSSR count). The molecule has 3 unspecified atom stereocenters. The molecule has 1 aromatic rings. The number of rotatable bonds is 11. The fourth-order valence-electron chi connectivity index (χ4n) is 2.35. The topological polar surface area (TPSA) is 54.0 Å². The van der Waals surface area contributed by atoms with Gasteiger partial charge in [-0.25, -0.2) is 0 Å². The van der Waals surface area contributed by atoms with E-state index in [-0.39, 0.29) is 18.2 Å². The van der Waals surface area contributed by atoms with Gasteiger partial charge in [-0.2, -0.15) is 0 Å². The fourth-order valence-corrected chi connectivity index (χ4v) is 2.35. The van der Waals surface area contributed by atoms with Crippen LogP contribution in [-0.2, 0) is 19.0 Å². The van der Waals surface area contributed by atoms with Crippen LogP contribution in [0.3, 0.4) is 0 Å². The van der Waals surface area contributed by atoms with Crippen molar-refractivity contribution in [3.63, 3.8) is 0 Å². The maximum absolute atomic E-state index is 11.6. The number of methoxy groups -OCH3 is 2. The number of benzene rings is 1. The van der Waals surface area contributed by atoms with Crippen molar-refractivity contribution < 1.29 is 23.7 Å². The average molecular weight is 338 g/mol. The van der Waals surface area contributed by atoms with E-state index in [4.69, 9.17) is 18.9 Å². The van der Waals surface area contributed by atoms with Crippen molar-refractivity contribution in [2.75, 3.05) is 27.4 Å². The molecule has 24 heavy (non-hydrogen) atoms. The van der Waals surface area contributed by atoms with Gasteiger partial charge in [0, 0.05) is 7.11 Å². The van der Waals surface area contributed by atoms with Crippen LogP contribution in [-0.4, -0.2) is 39.7 Å². The minimum Gasteiger partial charge on any atom is -0.469 e. The largest absolute Gasteiger partial charge is 0.469 e. The molecule has 5 nitrogen and oxygen atoms in total. The van der Waals surface area contributed by atoms with Crippen molar-refractivity contribution in [3.05, 3.63) is 29.8 Å². The number of carbonyl (C=O) groups excluding carboxylic acids is 1. The zero-order valence-corrected chi connectivity index (χ0v) is 15.4. The van der Waals surface area contributed by atoms with Gasteiger partial charge < -0.3 is 18.9 Å². The summed E-state index contributed by atoms with van der Waals surface area (Å²) in [6, 6.07) is 8.09. The predicted octanol–water partition coefficient (Wildman–Crippen LogP) is 3.77. The van der Waals surface area contributed by atoms with Crippen LogP contribution < -0.4 is 4.74 Å². The maximum atomic E-state index is 11.6. The Balaban J connectivity index is 2.40. The van der Waals surface area contributed by atoms with Crippen molar-refractivity contribution in [1.82, 2.24) is 0 Å². The minimum atomic E-state index is -0.389.